The van der Waals surface area contributed by atoms with Crippen LogP contribution < -0.4 is 14.8 Å². The number of nitrogens with zero attached hydrogens (tertiary/aromatic N) is 3. The zero-order valence-electron chi connectivity index (χ0n) is 13.8. The first-order chi connectivity index (χ1) is 12.6. The van der Waals surface area contributed by atoms with Gasteiger partial charge in [0.05, 0.1) is 11.1 Å². The quantitative estimate of drug-likeness (QED) is 0.542. The minimum atomic E-state index is -0.185. The number of hydrogen-bond donors (Lipinski definition) is 0. The lowest BCUT2D eigenvalue weighted by atomic mass is 10.2. The molecule has 5 nitrogen and oxygen atoms in total. The van der Waals surface area contributed by atoms with E-state index in [1.807, 2.05) is 49.4 Å². The van der Waals surface area contributed by atoms with Gasteiger partial charge in [0.15, 0.2) is 5.82 Å². The van der Waals surface area contributed by atoms with Gasteiger partial charge >= 0.3 is 0 Å². The molecule has 4 rings (SSSR count). The summed E-state index contributed by atoms with van der Waals surface area (Å²) >= 11 is 7.30. The minimum absolute atomic E-state index is 0.185. The number of ether oxygens (including phenoxy) is 1. The fourth-order valence-corrected chi connectivity index (χ4v) is 3.68. The molecule has 0 saturated carbocycles. The first-order valence-electron chi connectivity index (χ1n) is 8.04. The second-order valence-electron chi connectivity index (χ2n) is 5.56. The van der Waals surface area contributed by atoms with Crippen molar-refractivity contribution in [3.8, 4) is 17.1 Å². The summed E-state index contributed by atoms with van der Waals surface area (Å²) in [4.78, 5) is 17.6. The molecule has 0 N–H and O–H groups in total. The van der Waals surface area contributed by atoms with E-state index in [2.05, 4.69) is 10.1 Å². The molecule has 0 aliphatic carbocycles. The summed E-state index contributed by atoms with van der Waals surface area (Å²) in [6, 6.07) is 14.8. The molecule has 0 radical (unpaired) electrons. The molecule has 0 amide bonds. The Morgan fingerprint density at radius 1 is 1.23 bits per heavy atom. The molecular formula is C19H14ClN3O2S. The summed E-state index contributed by atoms with van der Waals surface area (Å²) in [5.41, 5.74) is 1.52. The van der Waals surface area contributed by atoms with Crippen LogP contribution in [0.15, 0.2) is 53.3 Å². The number of rotatable bonds is 4. The van der Waals surface area contributed by atoms with Gasteiger partial charge in [-0.15, -0.1) is 5.10 Å². The van der Waals surface area contributed by atoms with Gasteiger partial charge in [-0.1, -0.05) is 35.1 Å². The maximum atomic E-state index is 12.6. The first-order valence-corrected chi connectivity index (χ1v) is 9.23. The molecular weight excluding hydrogens is 370 g/mol. The molecule has 0 aliphatic heterocycles. The van der Waals surface area contributed by atoms with Crippen LogP contribution >= 0.6 is 22.9 Å². The van der Waals surface area contributed by atoms with E-state index < -0.39 is 0 Å². The van der Waals surface area contributed by atoms with Gasteiger partial charge in [-0.05, 0) is 55.0 Å². The molecule has 0 fully saturated rings. The highest BCUT2D eigenvalue weighted by atomic mass is 35.5. The zero-order valence-corrected chi connectivity index (χ0v) is 15.4. The highest BCUT2D eigenvalue weighted by Crippen LogP contribution is 2.20. The van der Waals surface area contributed by atoms with Gasteiger partial charge in [-0.2, -0.15) is 9.50 Å². The van der Waals surface area contributed by atoms with Gasteiger partial charge in [0.1, 0.15) is 5.75 Å². The van der Waals surface area contributed by atoms with Gasteiger partial charge < -0.3 is 4.74 Å². The first kappa shape index (κ1) is 16.8. The van der Waals surface area contributed by atoms with Crippen molar-refractivity contribution in [2.24, 2.45) is 0 Å². The standard InChI is InChI=1S/C19H14ClN3O2S/c1-2-25-15-8-6-13(7-9-15)17-21-19-23(22-17)18(24)16(26-19)11-12-4-3-5-14(20)10-12/h3-11H,2H2,1H3/b16-11-. The Bertz CT molecular complexity index is 1180. The van der Waals surface area contributed by atoms with E-state index in [4.69, 9.17) is 16.3 Å². The fourth-order valence-electron chi connectivity index (χ4n) is 2.57. The van der Waals surface area contributed by atoms with Crippen molar-refractivity contribution in [1.82, 2.24) is 14.6 Å². The summed E-state index contributed by atoms with van der Waals surface area (Å²) in [6.07, 6.45) is 1.80. The molecule has 2 heterocycles. The third-order valence-electron chi connectivity index (χ3n) is 3.75. The third kappa shape index (κ3) is 3.21. The van der Waals surface area contributed by atoms with E-state index in [9.17, 15) is 4.79 Å². The fraction of sp³-hybridized carbons (Fsp3) is 0.105. The Labute approximate surface area is 158 Å². The van der Waals surface area contributed by atoms with Crippen LogP contribution in [0.25, 0.3) is 22.4 Å². The van der Waals surface area contributed by atoms with Gasteiger partial charge in [-0.25, -0.2) is 0 Å². The Hall–Kier alpha value is -2.70. The normalized spacial score (nSPS) is 12.0. The van der Waals surface area contributed by atoms with Crippen molar-refractivity contribution in [2.75, 3.05) is 6.61 Å². The Morgan fingerprint density at radius 3 is 2.73 bits per heavy atom. The van der Waals surface area contributed by atoms with E-state index >= 15 is 0 Å². The van der Waals surface area contributed by atoms with Crippen molar-refractivity contribution in [3.63, 3.8) is 0 Å². The summed E-state index contributed by atoms with van der Waals surface area (Å²) in [5, 5.41) is 4.98. The van der Waals surface area contributed by atoms with E-state index in [0.29, 0.717) is 26.9 Å². The summed E-state index contributed by atoms with van der Waals surface area (Å²) < 4.78 is 7.34. The highest BCUT2D eigenvalue weighted by molar-refractivity contribution is 7.15. The Balaban J connectivity index is 1.72. The lowest BCUT2D eigenvalue weighted by molar-refractivity contribution is 0.340. The highest BCUT2D eigenvalue weighted by Gasteiger charge is 2.12. The van der Waals surface area contributed by atoms with Crippen LogP contribution in [0.1, 0.15) is 12.5 Å². The molecule has 0 atom stereocenters. The summed E-state index contributed by atoms with van der Waals surface area (Å²) in [6.45, 7) is 2.55. The molecule has 26 heavy (non-hydrogen) atoms. The number of benzene rings is 2. The monoisotopic (exact) mass is 383 g/mol. The van der Waals surface area contributed by atoms with Crippen LogP contribution in [0.4, 0.5) is 0 Å². The predicted octanol–water partition coefficient (Wildman–Crippen LogP) is 3.42. The number of fused-ring (bicyclic) bond motifs is 1. The largest absolute Gasteiger partial charge is 0.494 e. The van der Waals surface area contributed by atoms with Gasteiger partial charge in [0.25, 0.3) is 5.56 Å². The molecule has 0 spiro atoms. The van der Waals surface area contributed by atoms with Crippen LogP contribution in [0.2, 0.25) is 5.02 Å². The maximum Gasteiger partial charge on any atom is 0.291 e. The molecule has 0 saturated heterocycles. The van der Waals surface area contributed by atoms with Crippen LogP contribution in [0.3, 0.4) is 0 Å². The Morgan fingerprint density at radius 2 is 2.04 bits per heavy atom. The van der Waals surface area contributed by atoms with E-state index in [1.165, 1.54) is 15.9 Å². The SMILES string of the molecule is CCOc1ccc(-c2nc3s/c(=C\c4cccc(Cl)c4)c(=O)n3n2)cc1. The van der Waals surface area contributed by atoms with Crippen LogP contribution in [0.5, 0.6) is 5.75 Å². The summed E-state index contributed by atoms with van der Waals surface area (Å²) in [5.74, 6) is 1.31. The van der Waals surface area contributed by atoms with E-state index in [1.54, 1.807) is 12.1 Å². The van der Waals surface area contributed by atoms with Crippen LogP contribution in [-0.4, -0.2) is 21.2 Å². The molecule has 0 aliphatic rings. The van der Waals surface area contributed by atoms with Crippen molar-refractivity contribution in [3.05, 3.63) is 74.0 Å². The molecule has 2 aromatic heterocycles. The van der Waals surface area contributed by atoms with Crippen molar-refractivity contribution >= 4 is 34.0 Å². The van der Waals surface area contributed by atoms with Gasteiger partial charge in [0, 0.05) is 10.6 Å². The number of thiazole rings is 1. The molecule has 130 valence electrons. The topological polar surface area (TPSA) is 56.5 Å². The number of halogens is 1. The van der Waals surface area contributed by atoms with E-state index in [0.717, 1.165) is 16.9 Å². The molecule has 0 bridgehead atoms. The second-order valence-corrected chi connectivity index (χ2v) is 7.00. The van der Waals surface area contributed by atoms with Crippen molar-refractivity contribution in [1.29, 1.82) is 0 Å². The smallest absolute Gasteiger partial charge is 0.291 e. The lowest BCUT2D eigenvalue weighted by Gasteiger charge is -2.02. The zero-order chi connectivity index (χ0) is 18.1. The lowest BCUT2D eigenvalue weighted by Crippen LogP contribution is -2.23. The Kier molecular flexibility index (Phi) is 4.44. The molecule has 7 heteroatoms. The predicted molar refractivity (Wildman–Crippen MR) is 104 cm³/mol. The van der Waals surface area contributed by atoms with Gasteiger partial charge in [0.2, 0.25) is 4.96 Å². The van der Waals surface area contributed by atoms with Crippen LogP contribution in [0, 0.1) is 0 Å². The average molecular weight is 384 g/mol. The molecule has 2 aromatic carbocycles. The van der Waals surface area contributed by atoms with E-state index in [-0.39, 0.29) is 5.56 Å². The summed E-state index contributed by atoms with van der Waals surface area (Å²) in [7, 11) is 0. The average Bonchev–Trinajstić information content (AvgIpc) is 3.16. The second kappa shape index (κ2) is 6.90. The molecule has 4 aromatic rings. The third-order valence-corrected chi connectivity index (χ3v) is 4.95. The van der Waals surface area contributed by atoms with Gasteiger partial charge in [-0.3, -0.25) is 4.79 Å². The maximum absolute atomic E-state index is 12.6. The van der Waals surface area contributed by atoms with Crippen molar-refractivity contribution < 1.29 is 4.74 Å². The van der Waals surface area contributed by atoms with Crippen molar-refractivity contribution in [2.45, 2.75) is 6.92 Å². The molecule has 0 unspecified atom stereocenters. The number of hydrogen-bond acceptors (Lipinski definition) is 5. The van der Waals surface area contributed by atoms with Crippen LogP contribution in [-0.2, 0) is 0 Å². The number of aromatic nitrogens is 3. The minimum Gasteiger partial charge on any atom is -0.494 e.